The molecule has 3 rings (SSSR count). The molecule has 6 heteroatoms. The van der Waals surface area contributed by atoms with Gasteiger partial charge in [0.25, 0.3) is 0 Å². The zero-order valence-electron chi connectivity index (χ0n) is 16.2. The van der Waals surface area contributed by atoms with Crippen LogP contribution in [0.1, 0.15) is 38.2 Å². The van der Waals surface area contributed by atoms with Crippen molar-refractivity contribution in [2.75, 3.05) is 39.3 Å². The van der Waals surface area contributed by atoms with Gasteiger partial charge >= 0.3 is 0 Å². The predicted molar refractivity (Wildman–Crippen MR) is 104 cm³/mol. The lowest BCUT2D eigenvalue weighted by atomic mass is 10.00. The first kappa shape index (κ1) is 19.7. The molecule has 1 amide bonds. The molecular formula is C21H30N4O2. The molecule has 1 aliphatic heterocycles. The summed E-state index contributed by atoms with van der Waals surface area (Å²) in [6.07, 6.45) is 3.62. The van der Waals surface area contributed by atoms with Crippen molar-refractivity contribution >= 4 is 5.91 Å². The number of nitrogens with zero attached hydrogens (tertiary/aromatic N) is 3. The van der Waals surface area contributed by atoms with Crippen molar-refractivity contribution in [3.05, 3.63) is 29.8 Å². The molecule has 2 aliphatic rings. The highest BCUT2D eigenvalue weighted by atomic mass is 16.5. The fraction of sp³-hybridized carbons (Fsp3) is 0.619. The number of benzene rings is 1. The molecule has 0 aromatic heterocycles. The predicted octanol–water partition coefficient (Wildman–Crippen LogP) is 2.16. The molecule has 2 fully saturated rings. The second-order valence-electron chi connectivity index (χ2n) is 7.58. The minimum absolute atomic E-state index is 0.0154. The van der Waals surface area contributed by atoms with Gasteiger partial charge in [-0.2, -0.15) is 5.26 Å². The van der Waals surface area contributed by atoms with Gasteiger partial charge in [0.05, 0.1) is 19.2 Å². The van der Waals surface area contributed by atoms with Gasteiger partial charge in [-0.1, -0.05) is 12.1 Å². The van der Waals surface area contributed by atoms with Crippen LogP contribution in [0.15, 0.2) is 24.3 Å². The van der Waals surface area contributed by atoms with Gasteiger partial charge in [-0.3, -0.25) is 14.6 Å². The second-order valence-corrected chi connectivity index (χ2v) is 7.58. The van der Waals surface area contributed by atoms with E-state index in [2.05, 4.69) is 33.3 Å². The maximum absolute atomic E-state index is 12.4. The van der Waals surface area contributed by atoms with E-state index in [1.165, 1.54) is 5.56 Å². The smallest absolute Gasteiger partial charge is 0.235 e. The van der Waals surface area contributed by atoms with Gasteiger partial charge in [-0.25, -0.2) is 0 Å². The van der Waals surface area contributed by atoms with Crippen molar-refractivity contribution in [3.8, 4) is 11.8 Å². The topological polar surface area (TPSA) is 68.6 Å². The normalized spacial score (nSPS) is 20.1. The molecule has 146 valence electrons. The van der Waals surface area contributed by atoms with Crippen molar-refractivity contribution in [2.45, 2.75) is 44.7 Å². The molecule has 1 saturated heterocycles. The van der Waals surface area contributed by atoms with Crippen LogP contribution < -0.4 is 10.1 Å². The molecule has 0 bridgehead atoms. The number of nitrogens with one attached hydrogen (secondary N) is 1. The Balaban J connectivity index is 1.41. The first-order chi connectivity index (χ1) is 13.1. The third-order valence-corrected chi connectivity index (χ3v) is 5.52. The maximum atomic E-state index is 12.4. The summed E-state index contributed by atoms with van der Waals surface area (Å²) in [5.74, 6) is 0.896. The van der Waals surface area contributed by atoms with Gasteiger partial charge < -0.3 is 10.1 Å². The highest BCUT2D eigenvalue weighted by Crippen LogP contribution is 2.28. The molecule has 1 N–H and O–H groups in total. The Labute approximate surface area is 162 Å². The van der Waals surface area contributed by atoms with E-state index in [1.807, 2.05) is 19.1 Å². The number of carbonyl (C=O) groups is 1. The number of amides is 1. The molecule has 1 heterocycles. The Kier molecular flexibility index (Phi) is 6.70. The van der Waals surface area contributed by atoms with Gasteiger partial charge in [-0.15, -0.1) is 0 Å². The zero-order valence-corrected chi connectivity index (χ0v) is 16.2. The van der Waals surface area contributed by atoms with Crippen LogP contribution in [0.25, 0.3) is 0 Å². The third-order valence-electron chi connectivity index (χ3n) is 5.52. The summed E-state index contributed by atoms with van der Waals surface area (Å²) in [5, 5.41) is 12.4. The summed E-state index contributed by atoms with van der Waals surface area (Å²) < 4.78 is 5.49. The third kappa shape index (κ3) is 5.44. The Bertz CT molecular complexity index is 654. The van der Waals surface area contributed by atoms with Crippen LogP contribution in [0.5, 0.6) is 5.75 Å². The van der Waals surface area contributed by atoms with Crippen LogP contribution in [0.2, 0.25) is 0 Å². The van der Waals surface area contributed by atoms with E-state index in [0.29, 0.717) is 13.2 Å². The molecule has 1 aromatic rings. The highest BCUT2D eigenvalue weighted by Gasteiger charge is 2.35. The van der Waals surface area contributed by atoms with Crippen LogP contribution in [-0.4, -0.2) is 60.6 Å². The zero-order chi connectivity index (χ0) is 19.1. The van der Waals surface area contributed by atoms with E-state index >= 15 is 0 Å². The fourth-order valence-electron chi connectivity index (χ4n) is 3.97. The quantitative estimate of drug-likeness (QED) is 0.797. The first-order valence-corrected chi connectivity index (χ1v) is 10.0. The number of hydrogen-bond acceptors (Lipinski definition) is 5. The van der Waals surface area contributed by atoms with Crippen LogP contribution >= 0.6 is 0 Å². The summed E-state index contributed by atoms with van der Waals surface area (Å²) in [6, 6.07) is 10.6. The largest absolute Gasteiger partial charge is 0.494 e. The second kappa shape index (κ2) is 9.20. The Morgan fingerprint density at radius 1 is 1.15 bits per heavy atom. The van der Waals surface area contributed by atoms with E-state index < -0.39 is 5.54 Å². The van der Waals surface area contributed by atoms with Gasteiger partial charge in [0.1, 0.15) is 11.3 Å². The van der Waals surface area contributed by atoms with Crippen molar-refractivity contribution < 1.29 is 9.53 Å². The van der Waals surface area contributed by atoms with Gasteiger partial charge in [0, 0.05) is 32.7 Å². The number of piperazine rings is 1. The maximum Gasteiger partial charge on any atom is 0.235 e. The molecule has 1 saturated carbocycles. The van der Waals surface area contributed by atoms with E-state index in [-0.39, 0.29) is 5.91 Å². The molecule has 0 atom stereocenters. The Morgan fingerprint density at radius 2 is 1.78 bits per heavy atom. The standard InChI is InChI=1S/C21H30N4O2/c1-2-27-19-7-5-18(6-8-19)15-24-11-13-25(14-12-24)16-20(26)23-21(17-22)9-3-4-10-21/h5-8H,2-4,9-16H2,1H3,(H,23,26). The van der Waals surface area contributed by atoms with Crippen molar-refractivity contribution in [2.24, 2.45) is 0 Å². The van der Waals surface area contributed by atoms with Crippen LogP contribution in [0, 0.1) is 11.3 Å². The van der Waals surface area contributed by atoms with Gasteiger partial charge in [0.2, 0.25) is 5.91 Å². The van der Waals surface area contributed by atoms with E-state index in [0.717, 1.165) is 64.2 Å². The lowest BCUT2D eigenvalue weighted by Gasteiger charge is -2.35. The highest BCUT2D eigenvalue weighted by molar-refractivity contribution is 5.79. The Hall–Kier alpha value is -2.10. The van der Waals surface area contributed by atoms with E-state index in [4.69, 9.17) is 4.74 Å². The lowest BCUT2D eigenvalue weighted by Crippen LogP contribution is -2.52. The van der Waals surface area contributed by atoms with Crippen LogP contribution in [0.3, 0.4) is 0 Å². The molecule has 1 aliphatic carbocycles. The summed E-state index contributed by atoms with van der Waals surface area (Å²) in [5.41, 5.74) is 0.661. The van der Waals surface area contributed by atoms with Gasteiger partial charge in [-0.05, 0) is 50.3 Å². The summed E-state index contributed by atoms with van der Waals surface area (Å²) in [6.45, 7) is 7.64. The van der Waals surface area contributed by atoms with E-state index in [9.17, 15) is 10.1 Å². The van der Waals surface area contributed by atoms with Crippen molar-refractivity contribution in [1.29, 1.82) is 5.26 Å². The SMILES string of the molecule is CCOc1ccc(CN2CCN(CC(=O)NC3(C#N)CCCC3)CC2)cc1. The van der Waals surface area contributed by atoms with E-state index in [1.54, 1.807) is 0 Å². The van der Waals surface area contributed by atoms with Crippen LogP contribution in [0.4, 0.5) is 0 Å². The number of carbonyl (C=O) groups excluding carboxylic acids is 1. The number of hydrogen-bond donors (Lipinski definition) is 1. The van der Waals surface area contributed by atoms with Crippen molar-refractivity contribution in [1.82, 2.24) is 15.1 Å². The average Bonchev–Trinajstić information content (AvgIpc) is 3.14. The molecule has 6 nitrogen and oxygen atoms in total. The summed E-state index contributed by atoms with van der Waals surface area (Å²) >= 11 is 0. The monoisotopic (exact) mass is 370 g/mol. The molecule has 27 heavy (non-hydrogen) atoms. The minimum atomic E-state index is -0.618. The van der Waals surface area contributed by atoms with Gasteiger partial charge in [0.15, 0.2) is 0 Å². The number of ether oxygens (including phenoxy) is 1. The lowest BCUT2D eigenvalue weighted by molar-refractivity contribution is -0.124. The number of rotatable bonds is 7. The van der Waals surface area contributed by atoms with Crippen molar-refractivity contribution in [3.63, 3.8) is 0 Å². The minimum Gasteiger partial charge on any atom is -0.494 e. The Morgan fingerprint density at radius 3 is 2.37 bits per heavy atom. The molecule has 0 radical (unpaired) electrons. The van der Waals surface area contributed by atoms with Crippen LogP contribution in [-0.2, 0) is 11.3 Å². The average molecular weight is 370 g/mol. The summed E-state index contributed by atoms with van der Waals surface area (Å²) in [7, 11) is 0. The number of nitriles is 1. The molecular weight excluding hydrogens is 340 g/mol. The first-order valence-electron chi connectivity index (χ1n) is 10.0. The summed E-state index contributed by atoms with van der Waals surface area (Å²) in [4.78, 5) is 17.0. The fourth-order valence-corrected chi connectivity index (χ4v) is 3.97. The molecule has 0 unspecified atom stereocenters. The molecule has 1 aromatic carbocycles. The molecule has 0 spiro atoms.